The number of hydrogen-bond donors (Lipinski definition) is 2. The Hall–Kier alpha value is -4.82. The molecule has 0 spiro atoms. The summed E-state index contributed by atoms with van der Waals surface area (Å²) < 4.78 is 33.0. The van der Waals surface area contributed by atoms with Crippen LogP contribution in [0.2, 0.25) is 0 Å². The van der Waals surface area contributed by atoms with Gasteiger partial charge < -0.3 is 15.4 Å². The number of aryl methyl sites for hydroxylation is 2. The summed E-state index contributed by atoms with van der Waals surface area (Å²) in [5, 5.41) is 5.71. The molecule has 2 N–H and O–H groups in total. The summed E-state index contributed by atoms with van der Waals surface area (Å²) in [6.07, 6.45) is 0. The Morgan fingerprint density at radius 2 is 1.07 bits per heavy atom. The van der Waals surface area contributed by atoms with E-state index in [1.807, 2.05) is 56.3 Å². The number of benzene rings is 5. The van der Waals surface area contributed by atoms with Crippen molar-refractivity contribution in [1.82, 2.24) is 0 Å². The second-order valence-corrected chi connectivity index (χ2v) is 10.2. The molecule has 5 aromatic carbocycles. The van der Waals surface area contributed by atoms with Crippen LogP contribution in [0.4, 0.5) is 20.2 Å². The largest absolute Gasteiger partial charge is 0.457 e. The zero-order chi connectivity index (χ0) is 30.1. The molecule has 5 rings (SSSR count). The molecular formula is C34H27BrF2N2O3. The third kappa shape index (κ3) is 8.59. The first kappa shape index (κ1) is 30.1. The molecule has 0 unspecified atom stereocenters. The lowest BCUT2D eigenvalue weighted by molar-refractivity contribution is 0.101. The van der Waals surface area contributed by atoms with Crippen LogP contribution in [0.25, 0.3) is 0 Å². The van der Waals surface area contributed by atoms with Crippen molar-refractivity contribution in [3.8, 4) is 11.5 Å². The van der Waals surface area contributed by atoms with Crippen molar-refractivity contribution in [2.75, 3.05) is 10.6 Å². The van der Waals surface area contributed by atoms with Gasteiger partial charge in [0.2, 0.25) is 0 Å². The van der Waals surface area contributed by atoms with Crippen LogP contribution in [-0.2, 0) is 0 Å². The fourth-order valence-corrected chi connectivity index (χ4v) is 4.18. The second kappa shape index (κ2) is 14.2. The number of rotatable bonds is 6. The van der Waals surface area contributed by atoms with Crippen molar-refractivity contribution < 1.29 is 23.1 Å². The molecule has 0 saturated carbocycles. The summed E-state index contributed by atoms with van der Waals surface area (Å²) in [6.45, 7) is 3.80. The minimum Gasteiger partial charge on any atom is -0.457 e. The average molecular weight is 630 g/mol. The van der Waals surface area contributed by atoms with E-state index in [9.17, 15) is 18.4 Å². The van der Waals surface area contributed by atoms with Crippen molar-refractivity contribution in [2.24, 2.45) is 0 Å². The number of nitrogens with one attached hydrogen (secondary N) is 2. The highest BCUT2D eigenvalue weighted by atomic mass is 79.9. The van der Waals surface area contributed by atoms with Gasteiger partial charge in [0.15, 0.2) is 0 Å². The van der Waals surface area contributed by atoms with Crippen LogP contribution in [0.5, 0.6) is 11.5 Å². The molecule has 0 saturated heterocycles. The van der Waals surface area contributed by atoms with Crippen molar-refractivity contribution in [3.63, 3.8) is 0 Å². The quantitative estimate of drug-likeness (QED) is 0.197. The van der Waals surface area contributed by atoms with E-state index in [4.69, 9.17) is 4.74 Å². The third-order valence-corrected chi connectivity index (χ3v) is 6.54. The molecule has 0 atom stereocenters. The lowest BCUT2D eigenvalue weighted by Gasteiger charge is -2.12. The van der Waals surface area contributed by atoms with E-state index in [0.717, 1.165) is 39.5 Å². The molecule has 0 aliphatic heterocycles. The Morgan fingerprint density at radius 1 is 0.595 bits per heavy atom. The summed E-state index contributed by atoms with van der Waals surface area (Å²) in [6, 6.07) is 31.8. The number of ether oxygens (including phenoxy) is 1. The lowest BCUT2D eigenvalue weighted by atomic mass is 10.1. The predicted octanol–water partition coefficient (Wildman–Crippen LogP) is 9.33. The Morgan fingerprint density at radius 3 is 1.60 bits per heavy atom. The number of anilines is 2. The Balaban J connectivity index is 0.000000208. The maximum absolute atomic E-state index is 13.3. The molecule has 0 aromatic heterocycles. The van der Waals surface area contributed by atoms with Gasteiger partial charge in [-0.2, -0.15) is 0 Å². The summed E-state index contributed by atoms with van der Waals surface area (Å²) in [7, 11) is 0. The van der Waals surface area contributed by atoms with E-state index in [-0.39, 0.29) is 17.6 Å². The topological polar surface area (TPSA) is 67.4 Å². The van der Waals surface area contributed by atoms with Crippen molar-refractivity contribution >= 4 is 39.1 Å². The Bertz CT molecular complexity index is 1680. The van der Waals surface area contributed by atoms with E-state index >= 15 is 0 Å². The maximum atomic E-state index is 13.3. The van der Waals surface area contributed by atoms with Crippen LogP contribution >= 0.6 is 15.9 Å². The number of carbonyl (C=O) groups excluding carboxylic acids is 2. The molecular weight excluding hydrogens is 602 g/mol. The lowest BCUT2D eigenvalue weighted by Crippen LogP contribution is -2.12. The van der Waals surface area contributed by atoms with Gasteiger partial charge in [0, 0.05) is 51.2 Å². The van der Waals surface area contributed by atoms with Gasteiger partial charge in [0.25, 0.3) is 11.8 Å². The normalized spacial score (nSPS) is 10.2. The molecule has 0 heterocycles. The van der Waals surface area contributed by atoms with E-state index in [1.165, 1.54) is 0 Å². The van der Waals surface area contributed by atoms with Gasteiger partial charge in [-0.25, -0.2) is 8.78 Å². The maximum Gasteiger partial charge on any atom is 0.255 e. The van der Waals surface area contributed by atoms with Gasteiger partial charge >= 0.3 is 0 Å². The van der Waals surface area contributed by atoms with Crippen LogP contribution < -0.4 is 15.4 Å². The molecule has 0 radical (unpaired) electrons. The van der Waals surface area contributed by atoms with Crippen LogP contribution in [-0.4, -0.2) is 11.8 Å². The average Bonchev–Trinajstić information content (AvgIpc) is 2.97. The smallest absolute Gasteiger partial charge is 0.255 e. The first-order chi connectivity index (χ1) is 20.2. The van der Waals surface area contributed by atoms with E-state index in [0.29, 0.717) is 22.6 Å². The van der Waals surface area contributed by atoms with Crippen molar-refractivity contribution in [1.29, 1.82) is 0 Å². The monoisotopic (exact) mass is 628 g/mol. The summed E-state index contributed by atoms with van der Waals surface area (Å²) in [5.41, 5.74) is 4.45. The van der Waals surface area contributed by atoms with Gasteiger partial charge in [-0.05, 0) is 67.4 Å². The molecule has 0 bridgehead atoms. The highest BCUT2D eigenvalue weighted by Gasteiger charge is 2.10. The molecule has 2 amide bonds. The van der Waals surface area contributed by atoms with Crippen LogP contribution in [0.1, 0.15) is 31.8 Å². The summed E-state index contributed by atoms with van der Waals surface area (Å²) in [5.74, 6) is -1.38. The molecule has 42 heavy (non-hydrogen) atoms. The Kier molecular flexibility index (Phi) is 10.2. The third-order valence-electron chi connectivity index (χ3n) is 6.05. The zero-order valence-electron chi connectivity index (χ0n) is 22.8. The van der Waals surface area contributed by atoms with Gasteiger partial charge in [0.1, 0.15) is 23.1 Å². The zero-order valence-corrected chi connectivity index (χ0v) is 24.4. The second-order valence-electron chi connectivity index (χ2n) is 9.28. The summed E-state index contributed by atoms with van der Waals surface area (Å²) >= 11 is 3.39. The number of carbonyl (C=O) groups is 2. The van der Waals surface area contributed by atoms with E-state index in [1.54, 1.807) is 54.6 Å². The van der Waals surface area contributed by atoms with Crippen LogP contribution in [0.3, 0.4) is 0 Å². The molecule has 0 aliphatic rings. The highest BCUT2D eigenvalue weighted by Crippen LogP contribution is 2.28. The van der Waals surface area contributed by atoms with Crippen molar-refractivity contribution in [3.05, 3.63) is 154 Å². The number of hydrogen-bond acceptors (Lipinski definition) is 3. The van der Waals surface area contributed by atoms with Crippen LogP contribution in [0, 0.1) is 25.5 Å². The molecule has 212 valence electrons. The standard InChI is InChI=1S/C20H15F2NO2.C14H12BrNO/c1-13-7-8-17(25-18-10-15(21)9-16(22)11-18)12-19(13)23-20(24)14-5-3-2-4-6-14;1-10-7-8-12(15)9-13(10)16-14(17)11-5-3-2-4-6-11/h2-12H,1H3,(H,23,24);2-9H,1H3,(H,16,17). The number of amides is 2. The fraction of sp³-hybridized carbons (Fsp3) is 0.0588. The highest BCUT2D eigenvalue weighted by molar-refractivity contribution is 9.10. The fourth-order valence-electron chi connectivity index (χ4n) is 3.82. The molecule has 0 aliphatic carbocycles. The van der Waals surface area contributed by atoms with Gasteiger partial charge in [0.05, 0.1) is 0 Å². The number of halogens is 3. The SMILES string of the molecule is Cc1ccc(Br)cc1NC(=O)c1ccccc1.Cc1ccc(Oc2cc(F)cc(F)c2)cc1NC(=O)c1ccccc1. The van der Waals surface area contributed by atoms with Gasteiger partial charge in [-0.15, -0.1) is 0 Å². The summed E-state index contributed by atoms with van der Waals surface area (Å²) in [4.78, 5) is 24.2. The first-order valence-corrected chi connectivity index (χ1v) is 13.7. The minimum atomic E-state index is -0.722. The van der Waals surface area contributed by atoms with E-state index in [2.05, 4.69) is 26.6 Å². The molecule has 5 nitrogen and oxygen atoms in total. The molecule has 8 heteroatoms. The molecule has 0 fully saturated rings. The molecule has 5 aromatic rings. The predicted molar refractivity (Wildman–Crippen MR) is 165 cm³/mol. The van der Waals surface area contributed by atoms with Crippen LogP contribution in [0.15, 0.2) is 120 Å². The Labute approximate surface area is 251 Å². The minimum absolute atomic E-state index is 0.0432. The first-order valence-electron chi connectivity index (χ1n) is 12.9. The van der Waals surface area contributed by atoms with Crippen molar-refractivity contribution in [2.45, 2.75) is 13.8 Å². The van der Waals surface area contributed by atoms with Gasteiger partial charge in [-0.1, -0.05) is 64.5 Å². The van der Waals surface area contributed by atoms with Gasteiger partial charge in [-0.3, -0.25) is 9.59 Å². The van der Waals surface area contributed by atoms with E-state index < -0.39 is 11.6 Å².